The summed E-state index contributed by atoms with van der Waals surface area (Å²) >= 11 is 12.2. The van der Waals surface area contributed by atoms with Gasteiger partial charge in [-0.25, -0.2) is 4.68 Å². The average molecular weight is 491 g/mol. The number of carbonyl (C=O) groups is 1. The van der Waals surface area contributed by atoms with Gasteiger partial charge in [0.15, 0.2) is 12.1 Å². The van der Waals surface area contributed by atoms with Crippen LogP contribution in [0.25, 0.3) is 17.1 Å². The Labute approximate surface area is 199 Å². The van der Waals surface area contributed by atoms with Crippen molar-refractivity contribution in [3.63, 3.8) is 0 Å². The lowest BCUT2D eigenvalue weighted by Crippen LogP contribution is -2.62. The normalized spacial score (nSPS) is 25.1. The lowest BCUT2D eigenvalue weighted by molar-refractivity contribution is -0.219. The third kappa shape index (κ3) is 4.45. The van der Waals surface area contributed by atoms with Crippen molar-refractivity contribution in [1.82, 2.24) is 19.7 Å². The summed E-state index contributed by atoms with van der Waals surface area (Å²) in [5, 5.41) is 38.4. The van der Waals surface area contributed by atoms with Crippen LogP contribution < -0.4 is 5.32 Å². The van der Waals surface area contributed by atoms with Crippen LogP contribution in [-0.2, 0) is 9.53 Å². The Bertz CT molecular complexity index is 1200. The van der Waals surface area contributed by atoms with E-state index in [9.17, 15) is 20.1 Å². The monoisotopic (exact) mass is 490 g/mol. The van der Waals surface area contributed by atoms with E-state index in [1.807, 2.05) is 36.4 Å². The maximum absolute atomic E-state index is 11.8. The molecule has 2 aromatic carbocycles. The third-order valence-corrected chi connectivity index (χ3v) is 6.14. The number of hydrogen-bond donors (Lipinski definition) is 4. The summed E-state index contributed by atoms with van der Waals surface area (Å²) in [6, 6.07) is 15.3. The predicted molar refractivity (Wildman–Crippen MR) is 123 cm³/mol. The minimum atomic E-state index is -1.43. The Kier molecular flexibility index (Phi) is 6.94. The first-order valence-corrected chi connectivity index (χ1v) is 11.0. The molecule has 1 fully saturated rings. The number of rotatable bonds is 5. The lowest BCUT2D eigenvalue weighted by atomic mass is 9.96. The summed E-state index contributed by atoms with van der Waals surface area (Å²) in [7, 11) is 0. The van der Waals surface area contributed by atoms with Crippen LogP contribution in [0.3, 0.4) is 0 Å². The van der Waals surface area contributed by atoms with Crippen molar-refractivity contribution in [3.05, 3.63) is 64.4 Å². The molecule has 2 heterocycles. The fourth-order valence-electron chi connectivity index (χ4n) is 3.87. The number of carbonyl (C=O) groups excluding carboxylic acids is 1. The average Bonchev–Trinajstić information content (AvgIpc) is 3.14. The molecule has 0 spiro atoms. The van der Waals surface area contributed by atoms with E-state index in [4.69, 9.17) is 28.6 Å². The first kappa shape index (κ1) is 23.6. The Morgan fingerprint density at radius 3 is 2.45 bits per heavy atom. The Morgan fingerprint density at radius 2 is 1.82 bits per heavy atom. The molecular weight excluding hydrogens is 468 g/mol. The van der Waals surface area contributed by atoms with Crippen molar-refractivity contribution in [2.45, 2.75) is 37.5 Å². The van der Waals surface area contributed by atoms with Crippen LogP contribution in [0.5, 0.6) is 0 Å². The van der Waals surface area contributed by atoms with Gasteiger partial charge in [0.25, 0.3) is 0 Å². The molecule has 0 saturated carbocycles. The van der Waals surface area contributed by atoms with Crippen LogP contribution >= 0.6 is 23.8 Å². The van der Waals surface area contributed by atoms with Gasteiger partial charge in [-0.1, -0.05) is 41.9 Å². The van der Waals surface area contributed by atoms with Gasteiger partial charge >= 0.3 is 0 Å². The summed E-state index contributed by atoms with van der Waals surface area (Å²) < 4.78 is 9.14. The highest BCUT2D eigenvalue weighted by Crippen LogP contribution is 2.33. The predicted octanol–water partition coefficient (Wildman–Crippen LogP) is 1.84. The molecule has 4 rings (SSSR count). The number of halogens is 1. The number of nitrogens with zero attached hydrogens (tertiary/aromatic N) is 3. The first-order valence-electron chi connectivity index (χ1n) is 10.2. The number of benzene rings is 2. The number of hydrogen-bond acceptors (Lipinski definition) is 7. The van der Waals surface area contributed by atoms with E-state index < -0.39 is 43.1 Å². The summed E-state index contributed by atoms with van der Waals surface area (Å²) in [5.41, 5.74) is 1.33. The number of ether oxygens (including phenoxy) is 1. The summed E-state index contributed by atoms with van der Waals surface area (Å²) in [6.07, 6.45) is -5.07. The van der Waals surface area contributed by atoms with E-state index in [1.165, 1.54) is 11.6 Å². The van der Waals surface area contributed by atoms with Gasteiger partial charge in [0, 0.05) is 18.2 Å². The number of para-hydroxylation sites is 1. The van der Waals surface area contributed by atoms with E-state index in [-0.39, 0.29) is 4.77 Å². The molecule has 1 aliphatic heterocycles. The molecule has 0 bridgehead atoms. The molecule has 4 N–H and O–H groups in total. The zero-order chi connectivity index (χ0) is 23.7. The Hall–Kier alpha value is -2.60. The van der Waals surface area contributed by atoms with Crippen LogP contribution in [0, 0.1) is 4.77 Å². The zero-order valence-electron chi connectivity index (χ0n) is 17.6. The number of amides is 1. The summed E-state index contributed by atoms with van der Waals surface area (Å²) in [6.45, 7) is 0.733. The van der Waals surface area contributed by atoms with E-state index in [0.29, 0.717) is 16.4 Å². The largest absolute Gasteiger partial charge is 0.394 e. The molecule has 1 saturated heterocycles. The van der Waals surface area contributed by atoms with Crippen molar-refractivity contribution >= 4 is 29.7 Å². The van der Waals surface area contributed by atoms with Crippen LogP contribution in [0.1, 0.15) is 13.2 Å². The van der Waals surface area contributed by atoms with Crippen molar-refractivity contribution in [1.29, 1.82) is 0 Å². The molecule has 1 aliphatic rings. The van der Waals surface area contributed by atoms with E-state index in [0.717, 1.165) is 5.69 Å². The van der Waals surface area contributed by atoms with Gasteiger partial charge in [-0.15, -0.1) is 5.10 Å². The summed E-state index contributed by atoms with van der Waals surface area (Å²) in [4.78, 5) is 11.8. The molecule has 1 amide bonds. The van der Waals surface area contributed by atoms with Crippen LogP contribution in [0.15, 0.2) is 54.6 Å². The SMILES string of the molecule is CC(=O)NC1C(O)C(O)C(CO)OC1n1nc(-c2ccccc2Cl)n(-c2ccccc2)c1=S. The highest BCUT2D eigenvalue weighted by Gasteiger charge is 2.46. The highest BCUT2D eigenvalue weighted by atomic mass is 35.5. The number of aliphatic hydroxyl groups is 3. The Morgan fingerprint density at radius 1 is 1.15 bits per heavy atom. The third-order valence-electron chi connectivity index (χ3n) is 5.44. The second-order valence-corrected chi connectivity index (χ2v) is 8.43. The molecule has 0 aliphatic carbocycles. The second-order valence-electron chi connectivity index (χ2n) is 7.66. The molecule has 174 valence electrons. The number of aromatic nitrogens is 3. The zero-order valence-corrected chi connectivity index (χ0v) is 19.1. The van der Waals surface area contributed by atoms with Crippen molar-refractivity contribution in [2.75, 3.05) is 6.61 Å². The topological polar surface area (TPSA) is 122 Å². The maximum Gasteiger partial charge on any atom is 0.217 e. The minimum absolute atomic E-state index is 0.205. The fraction of sp³-hybridized carbons (Fsp3) is 0.318. The van der Waals surface area contributed by atoms with E-state index in [1.54, 1.807) is 22.8 Å². The summed E-state index contributed by atoms with van der Waals surface area (Å²) in [5.74, 6) is -0.0224. The smallest absolute Gasteiger partial charge is 0.217 e. The minimum Gasteiger partial charge on any atom is -0.394 e. The number of nitrogens with one attached hydrogen (secondary N) is 1. The molecule has 9 nitrogen and oxygen atoms in total. The van der Waals surface area contributed by atoms with Gasteiger partial charge in [-0.05, 0) is 36.5 Å². The van der Waals surface area contributed by atoms with Gasteiger partial charge < -0.3 is 25.4 Å². The van der Waals surface area contributed by atoms with Crippen molar-refractivity contribution in [3.8, 4) is 17.1 Å². The lowest BCUT2D eigenvalue weighted by Gasteiger charge is -2.42. The maximum atomic E-state index is 11.8. The van der Waals surface area contributed by atoms with E-state index in [2.05, 4.69) is 10.4 Å². The molecule has 11 heteroatoms. The van der Waals surface area contributed by atoms with E-state index >= 15 is 0 Å². The molecule has 0 radical (unpaired) electrons. The van der Waals surface area contributed by atoms with Crippen LogP contribution in [0.2, 0.25) is 5.02 Å². The highest BCUT2D eigenvalue weighted by molar-refractivity contribution is 7.71. The standard InChI is InChI=1S/C22H23ClN4O5S/c1-12(29)24-17-19(31)18(30)16(11-28)32-21(17)27-22(33)26(13-7-3-2-4-8-13)20(25-27)14-9-5-6-10-15(14)23/h2-10,16-19,21,28,30-31H,11H2,1H3,(H,24,29). The molecular formula is C22H23ClN4O5S. The first-order chi connectivity index (χ1) is 15.8. The molecule has 1 aromatic heterocycles. The van der Waals surface area contributed by atoms with Crippen LogP contribution in [0.4, 0.5) is 0 Å². The quantitative estimate of drug-likeness (QED) is 0.402. The molecule has 5 unspecified atom stereocenters. The number of aliphatic hydroxyl groups excluding tert-OH is 3. The Balaban J connectivity index is 1.92. The fourth-order valence-corrected chi connectivity index (χ4v) is 4.43. The van der Waals surface area contributed by atoms with Crippen molar-refractivity contribution in [2.24, 2.45) is 0 Å². The molecule has 5 atom stereocenters. The molecule has 33 heavy (non-hydrogen) atoms. The van der Waals surface area contributed by atoms with Gasteiger partial charge in [-0.2, -0.15) is 0 Å². The van der Waals surface area contributed by atoms with Crippen molar-refractivity contribution < 1.29 is 24.9 Å². The van der Waals surface area contributed by atoms with Crippen LogP contribution in [-0.4, -0.2) is 66.5 Å². The van der Waals surface area contributed by atoms with Gasteiger partial charge in [-0.3, -0.25) is 9.36 Å². The second kappa shape index (κ2) is 9.72. The molecule has 3 aromatic rings. The van der Waals surface area contributed by atoms with Gasteiger partial charge in [0.1, 0.15) is 24.4 Å². The van der Waals surface area contributed by atoms with Gasteiger partial charge in [0.2, 0.25) is 10.7 Å². The van der Waals surface area contributed by atoms with Gasteiger partial charge in [0.05, 0.1) is 11.6 Å².